The monoisotopic (exact) mass is 808 g/mol. The van der Waals surface area contributed by atoms with Gasteiger partial charge in [0.2, 0.25) is 0 Å². The lowest BCUT2D eigenvalue weighted by Crippen LogP contribution is -2.20. The van der Waals surface area contributed by atoms with Crippen LogP contribution in [0.25, 0.3) is 33.4 Å². The molecule has 0 saturated heterocycles. The molecule has 0 aromatic heterocycles. The Morgan fingerprint density at radius 3 is 0.806 bits per heavy atom. The van der Waals surface area contributed by atoms with Crippen molar-refractivity contribution in [3.8, 4) is 33.4 Å². The molecule has 0 unspecified atom stereocenters. The first-order valence-electron chi connectivity index (χ1n) is 22.0. The third kappa shape index (κ3) is 9.02. The summed E-state index contributed by atoms with van der Waals surface area (Å²) in [6, 6.07) is 73.7. The van der Waals surface area contributed by atoms with Crippen molar-refractivity contribution in [2.75, 3.05) is 9.80 Å². The first-order chi connectivity index (χ1) is 29.6. The van der Waals surface area contributed by atoms with Crippen LogP contribution in [0.15, 0.2) is 200 Å². The van der Waals surface area contributed by atoms with Crippen molar-refractivity contribution in [3.05, 3.63) is 217 Å². The molecule has 0 amide bonds. The zero-order valence-corrected chi connectivity index (χ0v) is 37.9. The average molecular weight is 809 g/mol. The molecule has 310 valence electrons. The zero-order chi connectivity index (χ0) is 43.6. The van der Waals surface area contributed by atoms with Crippen molar-refractivity contribution in [2.24, 2.45) is 0 Å². The van der Waals surface area contributed by atoms with Gasteiger partial charge in [0, 0.05) is 28.3 Å². The highest BCUT2D eigenvalue weighted by atomic mass is 15.2. The molecule has 0 aliphatic carbocycles. The molecule has 0 spiro atoms. The summed E-state index contributed by atoms with van der Waals surface area (Å²) in [6.45, 7) is 20.7. The Balaban J connectivity index is 1.44. The van der Waals surface area contributed by atoms with Gasteiger partial charge in [-0.05, 0) is 121 Å². The van der Waals surface area contributed by atoms with Gasteiger partial charge in [0.1, 0.15) is 0 Å². The van der Waals surface area contributed by atoms with Gasteiger partial charge in [0.15, 0.2) is 0 Å². The Kier molecular flexibility index (Phi) is 11.5. The second-order valence-corrected chi connectivity index (χ2v) is 19.6. The quantitative estimate of drug-likeness (QED) is 0.143. The number of nitrogens with zero attached hydrogens (tertiary/aromatic N) is 2. The molecule has 0 saturated carbocycles. The van der Waals surface area contributed by atoms with Crippen LogP contribution in [0.3, 0.4) is 0 Å². The van der Waals surface area contributed by atoms with E-state index >= 15 is 0 Å². The maximum atomic E-state index is 2.47. The lowest BCUT2D eigenvalue weighted by atomic mass is 9.83. The van der Waals surface area contributed by atoms with Crippen LogP contribution in [0.1, 0.15) is 79.0 Å². The Hall–Kier alpha value is -6.64. The molecule has 62 heavy (non-hydrogen) atoms. The number of benzene rings is 8. The molecule has 8 aromatic carbocycles. The fourth-order valence-corrected chi connectivity index (χ4v) is 8.24. The minimum Gasteiger partial charge on any atom is -0.310 e. The van der Waals surface area contributed by atoms with Crippen molar-refractivity contribution in [3.63, 3.8) is 0 Å². The summed E-state index contributed by atoms with van der Waals surface area (Å²) >= 11 is 0. The standard InChI is InChI=1S/C60H60N2/c1-58(2,3)48-29-37-53(38-30-48)61(51-33-25-45(26-34-51)43-19-13-10-14-20-43)55-41-50(60(7,8)9)42-56(57(55)47-23-17-12-18-24-47)62(54-39-31-49(32-40-54)59(4,5)6)52-35-27-46(28-36-52)44-21-15-11-16-22-44/h10-42H,1-9H3. The number of anilines is 6. The second kappa shape index (κ2) is 17.0. The fourth-order valence-electron chi connectivity index (χ4n) is 8.24. The minimum absolute atomic E-state index is 0.0221. The minimum atomic E-state index is -0.170. The van der Waals surface area contributed by atoms with Gasteiger partial charge in [-0.2, -0.15) is 0 Å². The predicted molar refractivity (Wildman–Crippen MR) is 268 cm³/mol. The Labute approximate surface area is 371 Å². The summed E-state index contributed by atoms with van der Waals surface area (Å²) in [6.07, 6.45) is 0. The normalized spacial score (nSPS) is 12.0. The van der Waals surface area contributed by atoms with Crippen molar-refractivity contribution in [1.29, 1.82) is 0 Å². The van der Waals surface area contributed by atoms with Crippen molar-refractivity contribution < 1.29 is 0 Å². The van der Waals surface area contributed by atoms with E-state index in [4.69, 9.17) is 0 Å². The van der Waals surface area contributed by atoms with Gasteiger partial charge in [-0.1, -0.05) is 202 Å². The number of rotatable bonds is 9. The molecular formula is C60H60N2. The maximum Gasteiger partial charge on any atom is 0.0564 e. The highest BCUT2D eigenvalue weighted by Crippen LogP contribution is 2.51. The van der Waals surface area contributed by atoms with E-state index in [9.17, 15) is 0 Å². The van der Waals surface area contributed by atoms with E-state index in [0.717, 1.165) is 45.3 Å². The molecule has 8 rings (SSSR count). The smallest absolute Gasteiger partial charge is 0.0564 e. The van der Waals surface area contributed by atoms with E-state index in [2.05, 4.69) is 272 Å². The van der Waals surface area contributed by atoms with Crippen LogP contribution in [-0.4, -0.2) is 0 Å². The molecule has 0 radical (unpaired) electrons. The van der Waals surface area contributed by atoms with Crippen LogP contribution in [0.4, 0.5) is 34.1 Å². The van der Waals surface area contributed by atoms with Gasteiger partial charge in [-0.3, -0.25) is 0 Å². The van der Waals surface area contributed by atoms with Crippen LogP contribution in [0, 0.1) is 0 Å². The molecule has 0 atom stereocenters. The van der Waals surface area contributed by atoms with E-state index in [-0.39, 0.29) is 16.2 Å². The molecule has 2 heteroatoms. The lowest BCUT2D eigenvalue weighted by Gasteiger charge is -2.36. The number of hydrogen-bond donors (Lipinski definition) is 0. The van der Waals surface area contributed by atoms with Gasteiger partial charge < -0.3 is 9.80 Å². The van der Waals surface area contributed by atoms with Gasteiger partial charge in [0.25, 0.3) is 0 Å². The SMILES string of the molecule is CC(C)(C)c1ccc(N(c2ccc(-c3ccccc3)cc2)c2cc(C(C)(C)C)cc(N(c3ccc(-c4ccccc4)cc3)c3ccc(C(C)(C)C)cc3)c2-c2ccccc2)cc1. The summed E-state index contributed by atoms with van der Waals surface area (Å²) in [5, 5.41) is 0. The Morgan fingerprint density at radius 1 is 0.258 bits per heavy atom. The third-order valence-corrected chi connectivity index (χ3v) is 12.0. The van der Waals surface area contributed by atoms with E-state index < -0.39 is 0 Å². The number of hydrogen-bond acceptors (Lipinski definition) is 2. The first kappa shape index (κ1) is 42.1. The summed E-state index contributed by atoms with van der Waals surface area (Å²) < 4.78 is 0. The average Bonchev–Trinajstić information content (AvgIpc) is 3.27. The summed E-state index contributed by atoms with van der Waals surface area (Å²) in [4.78, 5) is 4.95. The predicted octanol–water partition coefficient (Wildman–Crippen LogP) is 17.5. The lowest BCUT2D eigenvalue weighted by molar-refractivity contribution is 0.589. The maximum absolute atomic E-state index is 2.47. The highest BCUT2D eigenvalue weighted by molar-refractivity contribution is 5.99. The molecule has 0 N–H and O–H groups in total. The summed E-state index contributed by atoms with van der Waals surface area (Å²) in [7, 11) is 0. The van der Waals surface area contributed by atoms with Crippen LogP contribution in [-0.2, 0) is 16.2 Å². The first-order valence-corrected chi connectivity index (χ1v) is 22.0. The molecule has 0 aliphatic heterocycles. The molecule has 0 fully saturated rings. The molecule has 8 aromatic rings. The largest absolute Gasteiger partial charge is 0.310 e. The fraction of sp³-hybridized carbons (Fsp3) is 0.200. The zero-order valence-electron chi connectivity index (χ0n) is 37.9. The van der Waals surface area contributed by atoms with Crippen molar-refractivity contribution in [2.45, 2.75) is 78.6 Å². The molecule has 0 bridgehead atoms. The van der Waals surface area contributed by atoms with Gasteiger partial charge >= 0.3 is 0 Å². The van der Waals surface area contributed by atoms with Crippen LogP contribution in [0.5, 0.6) is 0 Å². The van der Waals surface area contributed by atoms with Crippen LogP contribution < -0.4 is 9.80 Å². The summed E-state index contributed by atoms with van der Waals surface area (Å²) in [5.74, 6) is 0. The van der Waals surface area contributed by atoms with Crippen LogP contribution >= 0.6 is 0 Å². The van der Waals surface area contributed by atoms with E-state index in [0.29, 0.717) is 0 Å². The van der Waals surface area contributed by atoms with Gasteiger partial charge in [-0.25, -0.2) is 0 Å². The van der Waals surface area contributed by atoms with Crippen molar-refractivity contribution in [1.82, 2.24) is 0 Å². The molecular weight excluding hydrogens is 749 g/mol. The van der Waals surface area contributed by atoms with Crippen LogP contribution in [0.2, 0.25) is 0 Å². The van der Waals surface area contributed by atoms with Crippen molar-refractivity contribution >= 4 is 34.1 Å². The second-order valence-electron chi connectivity index (χ2n) is 19.6. The summed E-state index contributed by atoms with van der Waals surface area (Å²) in [5.41, 5.74) is 17.4. The van der Waals surface area contributed by atoms with E-state index in [1.807, 2.05) is 0 Å². The molecule has 0 heterocycles. The topological polar surface area (TPSA) is 6.48 Å². The Morgan fingerprint density at radius 2 is 0.516 bits per heavy atom. The van der Waals surface area contributed by atoms with E-state index in [1.165, 1.54) is 38.9 Å². The molecule has 0 aliphatic rings. The van der Waals surface area contributed by atoms with Gasteiger partial charge in [0.05, 0.1) is 11.4 Å². The van der Waals surface area contributed by atoms with E-state index in [1.54, 1.807) is 0 Å². The molecule has 2 nitrogen and oxygen atoms in total. The Bertz CT molecular complexity index is 2550. The van der Waals surface area contributed by atoms with Gasteiger partial charge in [-0.15, -0.1) is 0 Å². The third-order valence-electron chi connectivity index (χ3n) is 12.0. The highest BCUT2D eigenvalue weighted by Gasteiger charge is 2.29.